The Labute approximate surface area is 110 Å². The van der Waals surface area contributed by atoms with Crippen molar-refractivity contribution < 1.29 is 19.1 Å². The predicted octanol–water partition coefficient (Wildman–Crippen LogP) is 0.915. The summed E-state index contributed by atoms with van der Waals surface area (Å²) in [5.74, 6) is -0.756. The summed E-state index contributed by atoms with van der Waals surface area (Å²) >= 11 is 0. The lowest BCUT2D eigenvalue weighted by molar-refractivity contribution is -0.125. The third-order valence-electron chi connectivity index (χ3n) is 2.78. The van der Waals surface area contributed by atoms with Crippen LogP contribution in [-0.2, 0) is 16.1 Å². The summed E-state index contributed by atoms with van der Waals surface area (Å²) < 4.78 is 4.94. The number of carbonyl (C=O) groups is 3. The summed E-state index contributed by atoms with van der Waals surface area (Å²) in [6, 6.07) is 6.33. The van der Waals surface area contributed by atoms with Gasteiger partial charge in [0.15, 0.2) is 0 Å². The van der Waals surface area contributed by atoms with Crippen LogP contribution in [0.2, 0.25) is 0 Å². The Morgan fingerprint density at radius 2 is 2.11 bits per heavy atom. The van der Waals surface area contributed by atoms with Crippen LogP contribution in [0.15, 0.2) is 24.3 Å². The largest absolute Gasteiger partial charge is 0.462 e. The Morgan fingerprint density at radius 3 is 2.74 bits per heavy atom. The molecule has 0 radical (unpaired) electrons. The molecule has 100 valence electrons. The molecule has 0 unspecified atom stereocenters. The summed E-state index contributed by atoms with van der Waals surface area (Å²) in [6.45, 7) is 2.06. The zero-order valence-electron chi connectivity index (χ0n) is 10.5. The van der Waals surface area contributed by atoms with Crippen LogP contribution in [0.1, 0.15) is 22.8 Å². The molecule has 1 aromatic carbocycles. The first-order chi connectivity index (χ1) is 9.13. The number of hydrogen-bond acceptors (Lipinski definition) is 4. The van der Waals surface area contributed by atoms with Gasteiger partial charge < -0.3 is 10.1 Å². The van der Waals surface area contributed by atoms with Crippen molar-refractivity contribution in [1.29, 1.82) is 0 Å². The van der Waals surface area contributed by atoms with Gasteiger partial charge >= 0.3 is 12.0 Å². The van der Waals surface area contributed by atoms with E-state index in [9.17, 15) is 14.4 Å². The minimum absolute atomic E-state index is 0.000403. The minimum Gasteiger partial charge on any atom is -0.462 e. The number of urea groups is 1. The van der Waals surface area contributed by atoms with E-state index in [0.29, 0.717) is 11.1 Å². The molecule has 3 amide bonds. The summed E-state index contributed by atoms with van der Waals surface area (Å²) in [5, 5.41) is 2.43. The van der Waals surface area contributed by atoms with Gasteiger partial charge in [-0.1, -0.05) is 18.2 Å². The van der Waals surface area contributed by atoms with Gasteiger partial charge in [0.05, 0.1) is 25.3 Å². The fourth-order valence-corrected chi connectivity index (χ4v) is 1.85. The molecule has 0 bridgehead atoms. The average Bonchev–Trinajstić information content (AvgIpc) is 2.71. The molecule has 6 nitrogen and oxygen atoms in total. The van der Waals surface area contributed by atoms with Crippen molar-refractivity contribution in [2.45, 2.75) is 13.5 Å². The molecule has 1 N–H and O–H groups in total. The van der Waals surface area contributed by atoms with E-state index in [1.165, 1.54) is 0 Å². The third-order valence-corrected chi connectivity index (χ3v) is 2.78. The number of hydrogen-bond donors (Lipinski definition) is 1. The molecule has 6 heteroatoms. The number of nitrogens with zero attached hydrogens (tertiary/aromatic N) is 1. The molecule has 1 aromatic rings. The number of benzene rings is 1. The number of rotatable bonds is 4. The van der Waals surface area contributed by atoms with E-state index in [0.717, 1.165) is 4.90 Å². The van der Waals surface area contributed by atoms with Crippen LogP contribution < -0.4 is 5.32 Å². The van der Waals surface area contributed by atoms with E-state index in [4.69, 9.17) is 4.74 Å². The molecule has 1 heterocycles. The molecule has 1 aliphatic rings. The summed E-state index contributed by atoms with van der Waals surface area (Å²) in [5.41, 5.74) is 0.961. The molecule has 19 heavy (non-hydrogen) atoms. The number of carbonyl (C=O) groups excluding carboxylic acids is 3. The molecular formula is C13H14N2O4. The van der Waals surface area contributed by atoms with Crippen molar-refractivity contribution in [3.8, 4) is 0 Å². The van der Waals surface area contributed by atoms with Crippen LogP contribution >= 0.6 is 0 Å². The van der Waals surface area contributed by atoms with E-state index in [2.05, 4.69) is 5.32 Å². The maximum absolute atomic E-state index is 11.8. The van der Waals surface area contributed by atoms with E-state index >= 15 is 0 Å². The SMILES string of the molecule is CCOC(=O)c1ccccc1CN1C(=O)CNC1=O. The van der Waals surface area contributed by atoms with Gasteiger partial charge in [0.1, 0.15) is 0 Å². The normalized spacial score (nSPS) is 14.5. The van der Waals surface area contributed by atoms with Gasteiger partial charge in [-0.3, -0.25) is 9.69 Å². The van der Waals surface area contributed by atoms with Gasteiger partial charge in [-0.15, -0.1) is 0 Å². The molecular weight excluding hydrogens is 248 g/mol. The van der Waals surface area contributed by atoms with Crippen LogP contribution in [0, 0.1) is 0 Å². The van der Waals surface area contributed by atoms with Crippen LogP contribution in [0.4, 0.5) is 4.79 Å². The van der Waals surface area contributed by atoms with Crippen LogP contribution in [-0.4, -0.2) is 36.0 Å². The van der Waals surface area contributed by atoms with Gasteiger partial charge in [0.2, 0.25) is 5.91 Å². The van der Waals surface area contributed by atoms with Gasteiger partial charge in [0.25, 0.3) is 0 Å². The van der Waals surface area contributed by atoms with Crippen LogP contribution in [0.25, 0.3) is 0 Å². The topological polar surface area (TPSA) is 75.7 Å². The third kappa shape index (κ3) is 2.73. The number of esters is 1. The van der Waals surface area contributed by atoms with Crippen molar-refractivity contribution in [2.24, 2.45) is 0 Å². The van der Waals surface area contributed by atoms with Gasteiger partial charge in [-0.2, -0.15) is 0 Å². The highest BCUT2D eigenvalue weighted by molar-refractivity contribution is 6.02. The second kappa shape index (κ2) is 5.51. The molecule has 1 fully saturated rings. The van der Waals surface area contributed by atoms with Crippen molar-refractivity contribution in [2.75, 3.05) is 13.2 Å². The molecule has 0 atom stereocenters. The Hall–Kier alpha value is -2.37. The van der Waals surface area contributed by atoms with Gasteiger partial charge in [-0.25, -0.2) is 9.59 Å². The molecule has 2 rings (SSSR count). The first-order valence-corrected chi connectivity index (χ1v) is 5.96. The summed E-state index contributed by atoms with van der Waals surface area (Å²) in [4.78, 5) is 35.9. The number of imide groups is 1. The van der Waals surface area contributed by atoms with Crippen molar-refractivity contribution in [1.82, 2.24) is 10.2 Å². The Balaban J connectivity index is 2.23. The second-order valence-corrected chi connectivity index (χ2v) is 4.02. The highest BCUT2D eigenvalue weighted by Gasteiger charge is 2.29. The molecule has 0 aromatic heterocycles. The Morgan fingerprint density at radius 1 is 1.37 bits per heavy atom. The van der Waals surface area contributed by atoms with Crippen molar-refractivity contribution >= 4 is 17.9 Å². The first-order valence-electron chi connectivity index (χ1n) is 5.96. The van der Waals surface area contributed by atoms with Gasteiger partial charge in [0, 0.05) is 0 Å². The Bertz CT molecular complexity index is 511. The zero-order valence-corrected chi connectivity index (χ0v) is 10.5. The maximum atomic E-state index is 11.8. The lowest BCUT2D eigenvalue weighted by Crippen LogP contribution is -2.31. The van der Waals surface area contributed by atoms with Crippen molar-refractivity contribution in [3.05, 3.63) is 35.4 Å². The predicted molar refractivity (Wildman–Crippen MR) is 66.3 cm³/mol. The Kier molecular flexibility index (Phi) is 3.79. The smallest absolute Gasteiger partial charge is 0.338 e. The lowest BCUT2D eigenvalue weighted by Gasteiger charge is -2.14. The maximum Gasteiger partial charge on any atom is 0.338 e. The number of ether oxygens (including phenoxy) is 1. The monoisotopic (exact) mass is 262 g/mol. The molecule has 1 aliphatic heterocycles. The highest BCUT2D eigenvalue weighted by atomic mass is 16.5. The van der Waals surface area contributed by atoms with E-state index in [1.54, 1.807) is 31.2 Å². The summed E-state index contributed by atoms with van der Waals surface area (Å²) in [6.07, 6.45) is 0. The van der Waals surface area contributed by atoms with E-state index in [1.807, 2.05) is 0 Å². The number of amides is 3. The second-order valence-electron chi connectivity index (χ2n) is 4.02. The van der Waals surface area contributed by atoms with Crippen molar-refractivity contribution in [3.63, 3.8) is 0 Å². The fourth-order valence-electron chi connectivity index (χ4n) is 1.85. The summed E-state index contributed by atoms with van der Waals surface area (Å²) in [7, 11) is 0. The zero-order chi connectivity index (χ0) is 13.8. The van der Waals surface area contributed by atoms with E-state index in [-0.39, 0.29) is 25.6 Å². The molecule has 0 spiro atoms. The van der Waals surface area contributed by atoms with Crippen LogP contribution in [0.3, 0.4) is 0 Å². The molecule has 0 aliphatic carbocycles. The van der Waals surface area contributed by atoms with E-state index < -0.39 is 12.0 Å². The quantitative estimate of drug-likeness (QED) is 0.646. The average molecular weight is 262 g/mol. The fraction of sp³-hybridized carbons (Fsp3) is 0.308. The minimum atomic E-state index is -0.454. The highest BCUT2D eigenvalue weighted by Crippen LogP contribution is 2.15. The standard InChI is InChI=1S/C13H14N2O4/c1-2-19-12(17)10-6-4-3-5-9(10)8-15-11(16)7-14-13(15)18/h3-6H,2,7-8H2,1H3,(H,14,18). The molecule has 0 saturated carbocycles. The van der Waals surface area contributed by atoms with Crippen LogP contribution in [0.5, 0.6) is 0 Å². The molecule has 1 saturated heterocycles. The van der Waals surface area contributed by atoms with Gasteiger partial charge in [-0.05, 0) is 18.6 Å². The number of nitrogens with one attached hydrogen (secondary N) is 1. The first kappa shape index (κ1) is 13.1. The lowest BCUT2D eigenvalue weighted by atomic mass is 10.1.